The number of carbonyl (C=O) groups excluding carboxylic acids is 4. The molecule has 14 nitrogen and oxygen atoms in total. The van der Waals surface area contributed by atoms with Gasteiger partial charge in [-0.25, -0.2) is 23.2 Å². The van der Waals surface area contributed by atoms with Gasteiger partial charge in [-0.3, -0.25) is 19.1 Å². The monoisotopic (exact) mass is 772 g/mol. The number of aromatic nitrogens is 2. The van der Waals surface area contributed by atoms with E-state index in [-0.39, 0.29) is 50.0 Å². The molecule has 292 valence electrons. The lowest BCUT2D eigenvalue weighted by Gasteiger charge is -2.29. The minimum Gasteiger partial charge on any atom is -0.470 e. The maximum absolute atomic E-state index is 16.3. The van der Waals surface area contributed by atoms with Gasteiger partial charge in [0.25, 0.3) is 11.8 Å². The van der Waals surface area contributed by atoms with Crippen molar-refractivity contribution < 1.29 is 45.9 Å². The number of alkyl halides is 2. The molecule has 1 aromatic heterocycles. The number of hydrogen-bond acceptors (Lipinski definition) is 10. The number of benzene rings is 1. The Morgan fingerprint density at radius 2 is 1.74 bits per heavy atom. The lowest BCUT2D eigenvalue weighted by molar-refractivity contribution is -0.134. The number of para-hydroxylation sites is 2. The van der Waals surface area contributed by atoms with Gasteiger partial charge in [-0.2, -0.15) is 8.78 Å². The van der Waals surface area contributed by atoms with Gasteiger partial charge in [0.2, 0.25) is 27.7 Å². The Kier molecular flexibility index (Phi) is 10.1. The summed E-state index contributed by atoms with van der Waals surface area (Å²) in [4.78, 5) is 65.4. The number of alkyl carbamates (subject to hydrolysis) is 1. The summed E-state index contributed by atoms with van der Waals surface area (Å²) in [7, 11) is -3.95. The van der Waals surface area contributed by atoms with Crippen LogP contribution in [-0.4, -0.2) is 89.7 Å². The van der Waals surface area contributed by atoms with Crippen LogP contribution in [0, 0.1) is 17.3 Å². The first-order valence-electron chi connectivity index (χ1n) is 18.7. The van der Waals surface area contributed by atoms with Crippen LogP contribution in [0.2, 0.25) is 0 Å². The van der Waals surface area contributed by atoms with Gasteiger partial charge in [-0.1, -0.05) is 51.0 Å². The third kappa shape index (κ3) is 8.01. The molecule has 5 aliphatic rings. The summed E-state index contributed by atoms with van der Waals surface area (Å²) < 4.78 is 72.1. The first-order valence-corrected chi connectivity index (χ1v) is 20.2. The van der Waals surface area contributed by atoms with E-state index >= 15 is 8.78 Å². The Bertz CT molecular complexity index is 1970. The summed E-state index contributed by atoms with van der Waals surface area (Å²) in [5, 5.41) is 4.79. The molecule has 1 unspecified atom stereocenters. The molecule has 2 aliphatic carbocycles. The Morgan fingerprint density at radius 3 is 2.48 bits per heavy atom. The smallest absolute Gasteiger partial charge is 0.407 e. The molecule has 0 spiro atoms. The minimum absolute atomic E-state index is 0.0817. The molecule has 3 fully saturated rings. The van der Waals surface area contributed by atoms with Gasteiger partial charge in [0.05, 0.1) is 35.4 Å². The quantitative estimate of drug-likeness (QED) is 0.387. The zero-order chi connectivity index (χ0) is 38.5. The van der Waals surface area contributed by atoms with Crippen LogP contribution in [0.15, 0.2) is 36.4 Å². The molecule has 1 aromatic carbocycles. The van der Waals surface area contributed by atoms with Crippen LogP contribution in [0.3, 0.4) is 0 Å². The summed E-state index contributed by atoms with van der Waals surface area (Å²) in [6.07, 6.45) is 4.77. The van der Waals surface area contributed by atoms with Crippen molar-refractivity contribution in [3.8, 4) is 5.88 Å². The maximum atomic E-state index is 16.3. The number of hydrogen-bond donors (Lipinski definition) is 3. The van der Waals surface area contributed by atoms with E-state index in [9.17, 15) is 27.6 Å². The predicted octanol–water partition coefficient (Wildman–Crippen LogP) is 3.85. The lowest BCUT2D eigenvalue weighted by Crippen LogP contribution is -2.55. The third-order valence-corrected chi connectivity index (χ3v) is 12.9. The van der Waals surface area contributed by atoms with Crippen LogP contribution >= 0.6 is 0 Å². The number of fused-ring (bicyclic) bond motifs is 7. The first-order chi connectivity index (χ1) is 25.6. The molecule has 4 amide bonds. The van der Waals surface area contributed by atoms with E-state index in [1.54, 1.807) is 44.2 Å². The molecule has 0 radical (unpaired) electrons. The molecular weight excluding hydrogens is 727 g/mol. The summed E-state index contributed by atoms with van der Waals surface area (Å²) in [6.45, 7) is 2.71. The Labute approximate surface area is 312 Å². The van der Waals surface area contributed by atoms with Crippen LogP contribution in [0.25, 0.3) is 11.0 Å². The average Bonchev–Trinajstić information content (AvgIpc) is 4.05. The summed E-state index contributed by atoms with van der Waals surface area (Å²) in [5.74, 6) is -7.90. The molecule has 4 bridgehead atoms. The molecule has 4 heterocycles. The third-order valence-electron chi connectivity index (χ3n) is 11.1. The molecule has 1 saturated heterocycles. The van der Waals surface area contributed by atoms with Crippen LogP contribution in [0.5, 0.6) is 5.88 Å². The number of sulfonamides is 1. The lowest BCUT2D eigenvalue weighted by atomic mass is 9.87. The second-order valence-electron chi connectivity index (χ2n) is 16.0. The fourth-order valence-electron chi connectivity index (χ4n) is 7.41. The molecule has 5 atom stereocenters. The minimum atomic E-state index is -3.95. The van der Waals surface area contributed by atoms with E-state index in [0.29, 0.717) is 25.7 Å². The Hall–Kier alpha value is -4.41. The van der Waals surface area contributed by atoms with Crippen LogP contribution < -0.4 is 20.1 Å². The second kappa shape index (κ2) is 14.3. The highest BCUT2D eigenvalue weighted by molar-refractivity contribution is 7.91. The number of amides is 4. The standard InChI is InChI=1S/C37H46F2N6O8S/c1-35(2)16-17-37(38,39)29-31(41-26-12-9-8-11-25(26)40-29)53-28-20-45-19-24(28)30(46)43-36(33(48)44-54(50,51)23-14-15-23)18-22(36)10-6-4-3-5-7-13-27(32(45)47)42-34(49)52-21-35/h6,8-12,22-24,27-28H,3-5,7,13-21H2,1-2H3,(H,42,49)(H,43,46)(H,44,48)/b10-6+/t22-,24?,27+,28+,36-/m1/s1. The topological polar surface area (TPSA) is 186 Å². The van der Waals surface area contributed by atoms with E-state index < -0.39 is 97.9 Å². The zero-order valence-corrected chi connectivity index (χ0v) is 31.1. The molecule has 3 aliphatic heterocycles. The highest BCUT2D eigenvalue weighted by Gasteiger charge is 2.62. The van der Waals surface area contributed by atoms with Gasteiger partial charge in [-0.15, -0.1) is 0 Å². The van der Waals surface area contributed by atoms with Crippen molar-refractivity contribution in [1.29, 1.82) is 0 Å². The highest BCUT2D eigenvalue weighted by atomic mass is 32.2. The highest BCUT2D eigenvalue weighted by Crippen LogP contribution is 2.47. The molecule has 17 heteroatoms. The predicted molar refractivity (Wildman–Crippen MR) is 190 cm³/mol. The largest absolute Gasteiger partial charge is 0.470 e. The molecule has 54 heavy (non-hydrogen) atoms. The zero-order valence-electron chi connectivity index (χ0n) is 30.3. The molecule has 3 N–H and O–H groups in total. The molecule has 7 rings (SSSR count). The van der Waals surface area contributed by atoms with Gasteiger partial charge >= 0.3 is 6.09 Å². The van der Waals surface area contributed by atoms with Crippen LogP contribution in [0.1, 0.15) is 83.7 Å². The van der Waals surface area contributed by atoms with Gasteiger partial charge in [-0.05, 0) is 62.5 Å². The van der Waals surface area contributed by atoms with E-state index in [4.69, 9.17) is 9.47 Å². The number of allylic oxidation sites excluding steroid dienone is 1. The van der Waals surface area contributed by atoms with Gasteiger partial charge < -0.3 is 25.0 Å². The fraction of sp³-hybridized carbons (Fsp3) is 0.622. The van der Waals surface area contributed by atoms with Crippen LogP contribution in [-0.2, 0) is 35.1 Å². The first kappa shape index (κ1) is 37.9. The number of ether oxygens (including phenoxy) is 2. The SMILES string of the molecule is CC1(C)CCC(F)(F)c2nc3ccccc3nc2O[C@H]2CN3CC2C(=O)N[C@]2(C(=O)NS(=O)(=O)C4CC4)C[C@H]2/C=C/CCCCC[C@H](NC(=O)OC1)C3=O. The van der Waals surface area contributed by atoms with Crippen molar-refractivity contribution in [3.63, 3.8) is 0 Å². The second-order valence-corrected chi connectivity index (χ2v) is 18.0. The number of nitrogens with one attached hydrogen (secondary N) is 3. The molecular formula is C37H46F2N6O8S. The summed E-state index contributed by atoms with van der Waals surface area (Å²) in [6, 6.07) is 5.44. The number of carbonyl (C=O) groups is 4. The van der Waals surface area contributed by atoms with Crippen molar-refractivity contribution in [2.75, 3.05) is 19.7 Å². The van der Waals surface area contributed by atoms with Crippen LogP contribution in [0.4, 0.5) is 13.6 Å². The number of rotatable bonds is 3. The van der Waals surface area contributed by atoms with Crippen molar-refractivity contribution in [2.24, 2.45) is 17.3 Å². The van der Waals surface area contributed by atoms with Gasteiger partial charge in [0.15, 0.2) is 5.69 Å². The Morgan fingerprint density at radius 1 is 1.00 bits per heavy atom. The van der Waals surface area contributed by atoms with Crippen molar-refractivity contribution in [1.82, 2.24) is 30.2 Å². The van der Waals surface area contributed by atoms with Crippen molar-refractivity contribution in [3.05, 3.63) is 42.1 Å². The summed E-state index contributed by atoms with van der Waals surface area (Å²) in [5.41, 5.74) is -2.74. The summed E-state index contributed by atoms with van der Waals surface area (Å²) >= 11 is 0. The van der Waals surface area contributed by atoms with Gasteiger partial charge in [0.1, 0.15) is 17.7 Å². The molecule has 2 saturated carbocycles. The van der Waals surface area contributed by atoms with Crippen molar-refractivity contribution in [2.45, 2.75) is 107 Å². The number of cyclic esters (lactones) is 1. The Balaban J connectivity index is 1.28. The molecule has 2 aromatic rings. The normalized spacial score (nSPS) is 31.0. The number of nitrogens with zero attached hydrogens (tertiary/aromatic N) is 3. The van der Waals surface area contributed by atoms with Gasteiger partial charge in [0, 0.05) is 18.9 Å². The van der Waals surface area contributed by atoms with E-state index in [1.807, 2.05) is 6.08 Å². The van der Waals surface area contributed by atoms with Crippen molar-refractivity contribution >= 4 is 44.9 Å². The fourth-order valence-corrected chi connectivity index (χ4v) is 8.77. The number of halogens is 2. The van der Waals surface area contributed by atoms with E-state index in [1.165, 1.54) is 4.90 Å². The van der Waals surface area contributed by atoms with E-state index in [2.05, 4.69) is 25.3 Å². The van der Waals surface area contributed by atoms with E-state index in [0.717, 1.165) is 12.8 Å². The average molecular weight is 773 g/mol. The maximum Gasteiger partial charge on any atom is 0.407 e.